The Morgan fingerprint density at radius 2 is 2.00 bits per heavy atom. The fraction of sp³-hybridized carbons (Fsp3) is 0.556. The summed E-state index contributed by atoms with van der Waals surface area (Å²) in [5, 5.41) is 5.86. The fourth-order valence-electron chi connectivity index (χ4n) is 3.89. The molecule has 0 spiro atoms. The molecule has 130 valence electrons. The average Bonchev–Trinajstić information content (AvgIpc) is 3.04. The molecule has 2 aliphatic carbocycles. The third-order valence-electron chi connectivity index (χ3n) is 5.25. The van der Waals surface area contributed by atoms with Crippen LogP contribution in [0.4, 0.5) is 4.79 Å². The summed E-state index contributed by atoms with van der Waals surface area (Å²) in [6.45, 7) is 0. The zero-order valence-corrected chi connectivity index (χ0v) is 14.1. The lowest BCUT2D eigenvalue weighted by atomic mass is 9.87. The smallest absolute Gasteiger partial charge is 0.316 e. The minimum atomic E-state index is -0.887. The second-order valence-electron chi connectivity index (χ2n) is 6.76. The molecule has 1 aromatic carbocycles. The SMILES string of the molecule is COc1ccc2c(c1)CCCC2NC(=O)NC1(C(N)=O)CCCC1. The molecule has 1 aromatic rings. The van der Waals surface area contributed by atoms with E-state index in [9.17, 15) is 9.59 Å². The first-order valence-corrected chi connectivity index (χ1v) is 8.59. The highest BCUT2D eigenvalue weighted by Gasteiger charge is 2.41. The summed E-state index contributed by atoms with van der Waals surface area (Å²) in [6, 6.07) is 5.59. The lowest BCUT2D eigenvalue weighted by molar-refractivity contribution is -0.123. The lowest BCUT2D eigenvalue weighted by Gasteiger charge is -2.30. The Morgan fingerprint density at radius 3 is 2.67 bits per heavy atom. The number of hydrogen-bond donors (Lipinski definition) is 3. The van der Waals surface area contributed by atoms with Gasteiger partial charge < -0.3 is 21.1 Å². The molecule has 0 bridgehead atoms. The number of nitrogens with one attached hydrogen (secondary N) is 2. The maximum Gasteiger partial charge on any atom is 0.316 e. The van der Waals surface area contributed by atoms with Crippen LogP contribution < -0.4 is 21.1 Å². The van der Waals surface area contributed by atoms with E-state index in [0.717, 1.165) is 43.4 Å². The van der Waals surface area contributed by atoms with Gasteiger partial charge in [-0.1, -0.05) is 18.9 Å². The highest BCUT2D eigenvalue weighted by Crippen LogP contribution is 2.33. The van der Waals surface area contributed by atoms with Crippen molar-refractivity contribution in [1.82, 2.24) is 10.6 Å². The summed E-state index contributed by atoms with van der Waals surface area (Å²) in [6.07, 6.45) is 5.94. The van der Waals surface area contributed by atoms with Crippen molar-refractivity contribution in [2.45, 2.75) is 56.5 Å². The van der Waals surface area contributed by atoms with Gasteiger partial charge >= 0.3 is 6.03 Å². The lowest BCUT2D eigenvalue weighted by Crippen LogP contribution is -2.58. The van der Waals surface area contributed by atoms with Gasteiger partial charge in [0.25, 0.3) is 0 Å². The van der Waals surface area contributed by atoms with Gasteiger partial charge in [0.1, 0.15) is 11.3 Å². The molecule has 0 saturated heterocycles. The molecule has 6 heteroatoms. The molecule has 1 atom stereocenters. The number of nitrogens with two attached hydrogens (primary N) is 1. The van der Waals surface area contributed by atoms with Gasteiger partial charge in [0.15, 0.2) is 0 Å². The number of ether oxygens (including phenoxy) is 1. The maximum absolute atomic E-state index is 12.5. The quantitative estimate of drug-likeness (QED) is 0.789. The summed E-state index contributed by atoms with van der Waals surface area (Å²) in [5.74, 6) is 0.390. The van der Waals surface area contributed by atoms with Gasteiger partial charge in [-0.2, -0.15) is 0 Å². The molecule has 0 radical (unpaired) electrons. The number of amides is 3. The molecule has 0 heterocycles. The van der Waals surface area contributed by atoms with Gasteiger partial charge in [-0.3, -0.25) is 4.79 Å². The largest absolute Gasteiger partial charge is 0.497 e. The first kappa shape index (κ1) is 16.6. The number of fused-ring (bicyclic) bond motifs is 1. The Hall–Kier alpha value is -2.24. The number of carbonyl (C=O) groups is 2. The fourth-order valence-corrected chi connectivity index (χ4v) is 3.89. The number of carbonyl (C=O) groups excluding carboxylic acids is 2. The van der Waals surface area contributed by atoms with Gasteiger partial charge in [-0.15, -0.1) is 0 Å². The van der Waals surface area contributed by atoms with E-state index in [0.29, 0.717) is 12.8 Å². The molecule has 6 nitrogen and oxygen atoms in total. The molecule has 24 heavy (non-hydrogen) atoms. The summed E-state index contributed by atoms with van der Waals surface area (Å²) >= 11 is 0. The van der Waals surface area contributed by atoms with Gasteiger partial charge in [0.05, 0.1) is 13.2 Å². The molecular formula is C18H25N3O3. The van der Waals surface area contributed by atoms with Crippen molar-refractivity contribution < 1.29 is 14.3 Å². The number of urea groups is 1. The highest BCUT2D eigenvalue weighted by atomic mass is 16.5. The van der Waals surface area contributed by atoms with Crippen LogP contribution in [0.25, 0.3) is 0 Å². The van der Waals surface area contributed by atoms with E-state index in [4.69, 9.17) is 10.5 Å². The van der Waals surface area contributed by atoms with Crippen molar-refractivity contribution in [2.75, 3.05) is 7.11 Å². The third-order valence-corrected chi connectivity index (χ3v) is 5.25. The van der Waals surface area contributed by atoms with Crippen LogP contribution in [0.2, 0.25) is 0 Å². The molecule has 3 amide bonds. The Morgan fingerprint density at radius 1 is 1.25 bits per heavy atom. The van der Waals surface area contributed by atoms with E-state index in [1.165, 1.54) is 5.56 Å². The Bertz CT molecular complexity index is 638. The van der Waals surface area contributed by atoms with Crippen LogP contribution in [0.1, 0.15) is 55.7 Å². The molecule has 1 saturated carbocycles. The zero-order chi connectivity index (χ0) is 17.2. The van der Waals surface area contributed by atoms with Gasteiger partial charge in [0.2, 0.25) is 5.91 Å². The predicted octanol–water partition coefficient (Wildman–Crippen LogP) is 2.17. The number of benzene rings is 1. The number of rotatable bonds is 4. The second kappa shape index (κ2) is 6.71. The molecule has 3 rings (SSSR count). The number of primary amides is 1. The number of aryl methyl sites for hydroxylation is 1. The van der Waals surface area contributed by atoms with Crippen molar-refractivity contribution in [2.24, 2.45) is 5.73 Å². The first-order chi connectivity index (χ1) is 11.5. The van der Waals surface area contributed by atoms with E-state index in [2.05, 4.69) is 10.6 Å². The molecule has 1 fully saturated rings. The van der Waals surface area contributed by atoms with Crippen molar-refractivity contribution in [3.05, 3.63) is 29.3 Å². The predicted molar refractivity (Wildman–Crippen MR) is 90.7 cm³/mol. The van der Waals surface area contributed by atoms with Crippen molar-refractivity contribution in [1.29, 1.82) is 0 Å². The standard InChI is InChI=1S/C18H25N3O3/c1-24-13-7-8-14-12(11-13)5-4-6-15(14)20-17(23)21-18(16(19)22)9-2-3-10-18/h7-8,11,15H,2-6,9-10H2,1H3,(H2,19,22)(H2,20,21,23). The molecule has 1 unspecified atom stereocenters. The maximum atomic E-state index is 12.5. The zero-order valence-electron chi connectivity index (χ0n) is 14.1. The first-order valence-electron chi connectivity index (χ1n) is 8.59. The summed E-state index contributed by atoms with van der Waals surface area (Å²) < 4.78 is 5.27. The van der Waals surface area contributed by atoms with Crippen LogP contribution in [-0.2, 0) is 11.2 Å². The molecule has 0 aromatic heterocycles. The van der Waals surface area contributed by atoms with E-state index in [1.54, 1.807) is 7.11 Å². The molecule has 0 aliphatic heterocycles. The minimum Gasteiger partial charge on any atom is -0.497 e. The minimum absolute atomic E-state index is 0.0500. The number of methoxy groups -OCH3 is 1. The van der Waals surface area contributed by atoms with Crippen LogP contribution in [0.15, 0.2) is 18.2 Å². The monoisotopic (exact) mass is 331 g/mol. The molecular weight excluding hydrogens is 306 g/mol. The van der Waals surface area contributed by atoms with Crippen molar-refractivity contribution in [3.63, 3.8) is 0 Å². The van der Waals surface area contributed by atoms with E-state index in [-0.39, 0.29) is 12.1 Å². The normalized spacial score (nSPS) is 21.6. The van der Waals surface area contributed by atoms with Crippen molar-refractivity contribution in [3.8, 4) is 5.75 Å². The van der Waals surface area contributed by atoms with Crippen LogP contribution >= 0.6 is 0 Å². The second-order valence-corrected chi connectivity index (χ2v) is 6.76. The average molecular weight is 331 g/mol. The van der Waals surface area contributed by atoms with Crippen LogP contribution in [0.5, 0.6) is 5.75 Å². The Kier molecular flexibility index (Phi) is 4.64. The Balaban J connectivity index is 1.71. The molecule has 2 aliphatic rings. The summed E-state index contributed by atoms with van der Waals surface area (Å²) in [4.78, 5) is 24.2. The Labute approximate surface area is 142 Å². The van der Waals surface area contributed by atoms with E-state index < -0.39 is 11.4 Å². The summed E-state index contributed by atoms with van der Waals surface area (Å²) in [7, 11) is 1.65. The molecule has 4 N–H and O–H groups in total. The van der Waals surface area contributed by atoms with E-state index in [1.807, 2.05) is 18.2 Å². The highest BCUT2D eigenvalue weighted by molar-refractivity contribution is 5.90. The van der Waals surface area contributed by atoms with Gasteiger partial charge in [0, 0.05) is 0 Å². The number of hydrogen-bond acceptors (Lipinski definition) is 3. The summed E-state index contributed by atoms with van der Waals surface area (Å²) in [5.41, 5.74) is 6.97. The van der Waals surface area contributed by atoms with E-state index >= 15 is 0 Å². The van der Waals surface area contributed by atoms with Gasteiger partial charge in [-0.05, 0) is 55.4 Å². The van der Waals surface area contributed by atoms with Crippen LogP contribution in [-0.4, -0.2) is 24.6 Å². The third kappa shape index (κ3) is 3.18. The van der Waals surface area contributed by atoms with Crippen LogP contribution in [0, 0.1) is 0 Å². The van der Waals surface area contributed by atoms with Crippen molar-refractivity contribution >= 4 is 11.9 Å². The topological polar surface area (TPSA) is 93.4 Å². The van der Waals surface area contributed by atoms with Gasteiger partial charge in [-0.25, -0.2) is 4.79 Å². The van der Waals surface area contributed by atoms with Crippen LogP contribution in [0.3, 0.4) is 0 Å².